The second-order valence-electron chi connectivity index (χ2n) is 5.06. The Labute approximate surface area is 148 Å². The molecule has 1 amide bonds. The first-order valence-electron chi connectivity index (χ1n) is 7.26. The van der Waals surface area contributed by atoms with Crippen molar-refractivity contribution >= 4 is 35.2 Å². The molecule has 4 nitrogen and oxygen atoms in total. The Morgan fingerprint density at radius 2 is 1.88 bits per heavy atom. The summed E-state index contributed by atoms with van der Waals surface area (Å²) in [5.41, 5.74) is 0.485. The molecule has 0 aliphatic carbocycles. The first-order chi connectivity index (χ1) is 11.9. The number of hydrogen-bond acceptors (Lipinski definition) is 3. The molecular formula is C18H14ClF2NO3. The van der Waals surface area contributed by atoms with Crippen LogP contribution in [0.3, 0.4) is 0 Å². The lowest BCUT2D eigenvalue weighted by Crippen LogP contribution is -2.29. The van der Waals surface area contributed by atoms with Gasteiger partial charge in [-0.2, -0.15) is 0 Å². The van der Waals surface area contributed by atoms with Gasteiger partial charge in [-0.3, -0.25) is 4.79 Å². The molecule has 2 aromatic rings. The molecule has 1 N–H and O–H groups in total. The number of ether oxygens (including phenoxy) is 1. The summed E-state index contributed by atoms with van der Waals surface area (Å²) in [7, 11) is 0. The minimum atomic E-state index is -1.13. The number of anilines is 1. The van der Waals surface area contributed by atoms with Crippen molar-refractivity contribution in [1.29, 1.82) is 0 Å². The molecule has 1 atom stereocenters. The molecule has 2 aromatic carbocycles. The van der Waals surface area contributed by atoms with Crippen LogP contribution in [0.25, 0.3) is 6.08 Å². The molecule has 0 aliphatic heterocycles. The molecule has 0 aliphatic rings. The van der Waals surface area contributed by atoms with Gasteiger partial charge in [-0.1, -0.05) is 29.8 Å². The number of halogens is 3. The standard InChI is InChI=1S/C18H14ClF2NO3/c1-11(18(24)22-16-5-3-2-4-15(16)21)25-17(23)9-7-12-6-8-14(20)13(19)10-12/h2-11H,1H3,(H,22,24)/b9-7+/t11-/m0/s1. The summed E-state index contributed by atoms with van der Waals surface area (Å²) < 4.78 is 31.5. The van der Waals surface area contributed by atoms with Crippen LogP contribution in [0.15, 0.2) is 48.5 Å². The zero-order valence-electron chi connectivity index (χ0n) is 13.1. The van der Waals surface area contributed by atoms with E-state index in [0.717, 1.165) is 12.1 Å². The molecule has 0 bridgehead atoms. The van der Waals surface area contributed by atoms with E-state index in [4.69, 9.17) is 16.3 Å². The van der Waals surface area contributed by atoms with Gasteiger partial charge in [-0.15, -0.1) is 0 Å². The van der Waals surface area contributed by atoms with E-state index in [9.17, 15) is 18.4 Å². The predicted molar refractivity (Wildman–Crippen MR) is 91.0 cm³/mol. The minimum absolute atomic E-state index is 0.00750. The van der Waals surface area contributed by atoms with E-state index < -0.39 is 29.6 Å². The SMILES string of the molecule is C[C@H](OC(=O)/C=C/c1ccc(F)c(Cl)c1)C(=O)Nc1ccccc1F. The average Bonchev–Trinajstić information content (AvgIpc) is 2.58. The van der Waals surface area contributed by atoms with E-state index in [0.29, 0.717) is 5.56 Å². The lowest BCUT2D eigenvalue weighted by Gasteiger charge is -2.12. The predicted octanol–water partition coefficient (Wildman–Crippen LogP) is 4.20. The highest BCUT2D eigenvalue weighted by Gasteiger charge is 2.17. The Bertz CT molecular complexity index is 824. The Morgan fingerprint density at radius 1 is 1.16 bits per heavy atom. The number of hydrogen-bond donors (Lipinski definition) is 1. The molecule has 0 radical (unpaired) electrons. The van der Waals surface area contributed by atoms with Crippen molar-refractivity contribution in [2.75, 3.05) is 5.32 Å². The fraction of sp³-hybridized carbons (Fsp3) is 0.111. The summed E-state index contributed by atoms with van der Waals surface area (Å²) in [6.07, 6.45) is 1.32. The monoisotopic (exact) mass is 365 g/mol. The summed E-state index contributed by atoms with van der Waals surface area (Å²) in [6, 6.07) is 9.57. The number of esters is 1. The maximum atomic E-state index is 13.5. The first kappa shape index (κ1) is 18.6. The molecule has 0 unspecified atom stereocenters. The number of rotatable bonds is 5. The molecule has 0 saturated heterocycles. The van der Waals surface area contributed by atoms with Crippen LogP contribution < -0.4 is 5.32 Å². The zero-order chi connectivity index (χ0) is 18.4. The van der Waals surface area contributed by atoms with E-state index in [2.05, 4.69) is 5.32 Å². The van der Waals surface area contributed by atoms with Gasteiger partial charge in [0.15, 0.2) is 6.10 Å². The lowest BCUT2D eigenvalue weighted by atomic mass is 10.2. The van der Waals surface area contributed by atoms with Gasteiger partial charge in [0.1, 0.15) is 11.6 Å². The Balaban J connectivity index is 1.92. The van der Waals surface area contributed by atoms with Gasteiger partial charge >= 0.3 is 5.97 Å². The number of nitrogens with one attached hydrogen (secondary N) is 1. The molecule has 0 aromatic heterocycles. The van der Waals surface area contributed by atoms with Crippen LogP contribution in [0, 0.1) is 11.6 Å². The van der Waals surface area contributed by atoms with Crippen molar-refractivity contribution in [3.8, 4) is 0 Å². The summed E-state index contributed by atoms with van der Waals surface area (Å²) in [4.78, 5) is 23.7. The molecule has 0 fully saturated rings. The topological polar surface area (TPSA) is 55.4 Å². The van der Waals surface area contributed by atoms with Crippen molar-refractivity contribution in [3.63, 3.8) is 0 Å². The number of carbonyl (C=O) groups is 2. The second kappa shape index (κ2) is 8.39. The normalized spacial score (nSPS) is 12.0. The molecule has 0 spiro atoms. The van der Waals surface area contributed by atoms with E-state index in [1.54, 1.807) is 6.07 Å². The van der Waals surface area contributed by atoms with Gasteiger partial charge in [-0.25, -0.2) is 13.6 Å². The number of para-hydroxylation sites is 1. The van der Waals surface area contributed by atoms with Crippen LogP contribution in [-0.2, 0) is 14.3 Å². The fourth-order valence-corrected chi connectivity index (χ4v) is 2.03. The number of carbonyl (C=O) groups excluding carboxylic acids is 2. The van der Waals surface area contributed by atoms with Crippen LogP contribution in [-0.4, -0.2) is 18.0 Å². The maximum Gasteiger partial charge on any atom is 0.331 e. The van der Waals surface area contributed by atoms with Gasteiger partial charge in [0.2, 0.25) is 0 Å². The minimum Gasteiger partial charge on any atom is -0.449 e. The summed E-state index contributed by atoms with van der Waals surface area (Å²) >= 11 is 5.64. The quantitative estimate of drug-likeness (QED) is 0.638. The molecule has 0 heterocycles. The van der Waals surface area contributed by atoms with Crippen LogP contribution >= 0.6 is 11.6 Å². The third-order valence-corrected chi connectivity index (χ3v) is 3.44. The van der Waals surface area contributed by atoms with Gasteiger partial charge in [0.25, 0.3) is 5.91 Å². The smallest absolute Gasteiger partial charge is 0.331 e. The maximum absolute atomic E-state index is 13.5. The number of amides is 1. The highest BCUT2D eigenvalue weighted by atomic mass is 35.5. The Morgan fingerprint density at radius 3 is 2.56 bits per heavy atom. The van der Waals surface area contributed by atoms with Gasteiger partial charge in [0, 0.05) is 6.08 Å². The van der Waals surface area contributed by atoms with Crippen LogP contribution in [0.1, 0.15) is 12.5 Å². The number of benzene rings is 2. The van der Waals surface area contributed by atoms with E-state index >= 15 is 0 Å². The Kier molecular flexibility index (Phi) is 6.25. The van der Waals surface area contributed by atoms with E-state index in [1.807, 2.05) is 0 Å². The highest BCUT2D eigenvalue weighted by Crippen LogP contribution is 2.17. The fourth-order valence-electron chi connectivity index (χ4n) is 1.84. The zero-order valence-corrected chi connectivity index (χ0v) is 13.9. The molecule has 0 saturated carbocycles. The van der Waals surface area contributed by atoms with Crippen molar-refractivity contribution in [2.24, 2.45) is 0 Å². The first-order valence-corrected chi connectivity index (χ1v) is 7.64. The molecule has 7 heteroatoms. The van der Waals surface area contributed by atoms with Crippen molar-refractivity contribution in [3.05, 3.63) is 70.8 Å². The molecule has 25 heavy (non-hydrogen) atoms. The third-order valence-electron chi connectivity index (χ3n) is 3.15. The van der Waals surface area contributed by atoms with E-state index in [-0.39, 0.29) is 10.7 Å². The van der Waals surface area contributed by atoms with Gasteiger partial charge in [0.05, 0.1) is 10.7 Å². The highest BCUT2D eigenvalue weighted by molar-refractivity contribution is 6.30. The van der Waals surface area contributed by atoms with Crippen LogP contribution in [0.2, 0.25) is 5.02 Å². The van der Waals surface area contributed by atoms with Crippen LogP contribution in [0.5, 0.6) is 0 Å². The largest absolute Gasteiger partial charge is 0.449 e. The van der Waals surface area contributed by atoms with Gasteiger partial charge in [-0.05, 0) is 42.8 Å². The molecule has 130 valence electrons. The summed E-state index contributed by atoms with van der Waals surface area (Å²) in [6.45, 7) is 1.36. The van der Waals surface area contributed by atoms with E-state index in [1.165, 1.54) is 43.3 Å². The average molecular weight is 366 g/mol. The summed E-state index contributed by atoms with van der Waals surface area (Å²) in [5, 5.41) is 2.25. The lowest BCUT2D eigenvalue weighted by molar-refractivity contribution is -0.148. The molecular weight excluding hydrogens is 352 g/mol. The molecule has 2 rings (SSSR count). The Hall–Kier alpha value is -2.73. The second-order valence-corrected chi connectivity index (χ2v) is 5.46. The third kappa shape index (κ3) is 5.39. The van der Waals surface area contributed by atoms with Crippen molar-refractivity contribution in [2.45, 2.75) is 13.0 Å². The van der Waals surface area contributed by atoms with Gasteiger partial charge < -0.3 is 10.1 Å². The summed E-state index contributed by atoms with van der Waals surface area (Å²) in [5.74, 6) is -2.62. The van der Waals surface area contributed by atoms with Crippen molar-refractivity contribution in [1.82, 2.24) is 0 Å². The van der Waals surface area contributed by atoms with Crippen molar-refractivity contribution < 1.29 is 23.1 Å². The van der Waals surface area contributed by atoms with Crippen LogP contribution in [0.4, 0.5) is 14.5 Å².